The first-order valence-corrected chi connectivity index (χ1v) is 6.28. The summed E-state index contributed by atoms with van der Waals surface area (Å²) in [6, 6.07) is -0.00397. The summed E-state index contributed by atoms with van der Waals surface area (Å²) in [5.74, 6) is 0. The van der Waals surface area contributed by atoms with Crippen LogP contribution in [0.1, 0.15) is 26.2 Å². The standard InChI is InChI=1S/C14H20ClNO/c1-4-5-14(15)11(2)16-10-12-6-8-13(17-3)9-7-12/h4-6,10-11,13H,1,7-9H2,2-3H3/b14-5+,16-10+. The maximum Gasteiger partial charge on any atom is 0.0826 e. The fourth-order valence-electron chi connectivity index (χ4n) is 1.69. The van der Waals surface area contributed by atoms with Gasteiger partial charge in [0.05, 0.1) is 12.1 Å². The minimum atomic E-state index is -0.00397. The van der Waals surface area contributed by atoms with Crippen molar-refractivity contribution in [1.29, 1.82) is 0 Å². The van der Waals surface area contributed by atoms with Gasteiger partial charge in [0.25, 0.3) is 0 Å². The third-order valence-electron chi connectivity index (χ3n) is 2.87. The summed E-state index contributed by atoms with van der Waals surface area (Å²) in [6.45, 7) is 5.59. The van der Waals surface area contributed by atoms with Gasteiger partial charge in [-0.15, -0.1) is 0 Å². The van der Waals surface area contributed by atoms with E-state index in [4.69, 9.17) is 16.3 Å². The SMILES string of the molecule is C=C/C=C(/Cl)C(C)/N=C/C1=CCC(OC)CC1. The predicted octanol–water partition coefficient (Wildman–Crippen LogP) is 3.88. The van der Waals surface area contributed by atoms with Gasteiger partial charge in [-0.05, 0) is 37.8 Å². The van der Waals surface area contributed by atoms with Gasteiger partial charge in [0.1, 0.15) is 0 Å². The van der Waals surface area contributed by atoms with E-state index in [2.05, 4.69) is 17.6 Å². The molecule has 1 rings (SSSR count). The number of ether oxygens (including phenoxy) is 1. The minimum absolute atomic E-state index is 0.00397. The van der Waals surface area contributed by atoms with E-state index in [0.29, 0.717) is 11.1 Å². The largest absolute Gasteiger partial charge is 0.381 e. The van der Waals surface area contributed by atoms with E-state index < -0.39 is 0 Å². The zero-order valence-corrected chi connectivity index (χ0v) is 11.3. The fourth-order valence-corrected chi connectivity index (χ4v) is 1.84. The second-order valence-corrected chi connectivity index (χ2v) is 4.59. The molecule has 2 atom stereocenters. The molecule has 0 saturated heterocycles. The molecular weight excluding hydrogens is 234 g/mol. The van der Waals surface area contributed by atoms with E-state index in [1.165, 1.54) is 5.57 Å². The molecule has 2 nitrogen and oxygen atoms in total. The number of aliphatic imine (C=N–C) groups is 1. The molecule has 0 aromatic carbocycles. The van der Waals surface area contributed by atoms with Gasteiger partial charge in [-0.25, -0.2) is 0 Å². The maximum atomic E-state index is 6.03. The Kier molecular flexibility index (Phi) is 6.23. The average Bonchev–Trinajstić information content (AvgIpc) is 2.36. The normalized spacial score (nSPS) is 23.6. The summed E-state index contributed by atoms with van der Waals surface area (Å²) in [5.41, 5.74) is 1.27. The van der Waals surface area contributed by atoms with Crippen molar-refractivity contribution in [2.45, 2.75) is 38.3 Å². The highest BCUT2D eigenvalue weighted by molar-refractivity contribution is 6.30. The quantitative estimate of drug-likeness (QED) is 0.538. The fraction of sp³-hybridized carbons (Fsp3) is 0.500. The molecule has 0 aromatic rings. The van der Waals surface area contributed by atoms with Gasteiger partial charge in [-0.2, -0.15) is 0 Å². The molecule has 0 bridgehead atoms. The number of hydrogen-bond acceptors (Lipinski definition) is 2. The first kappa shape index (κ1) is 14.2. The first-order chi connectivity index (χ1) is 8.17. The molecule has 2 unspecified atom stereocenters. The summed E-state index contributed by atoms with van der Waals surface area (Å²) in [6.07, 6.45) is 11.0. The van der Waals surface area contributed by atoms with Crippen LogP contribution in [-0.4, -0.2) is 25.5 Å². The lowest BCUT2D eigenvalue weighted by molar-refractivity contribution is 0.0948. The molecule has 0 heterocycles. The molecule has 0 radical (unpaired) electrons. The molecule has 1 aliphatic rings. The molecule has 17 heavy (non-hydrogen) atoms. The lowest BCUT2D eigenvalue weighted by atomic mass is 9.98. The molecule has 3 heteroatoms. The second kappa shape index (κ2) is 7.46. The molecule has 94 valence electrons. The number of methoxy groups -OCH3 is 1. The molecular formula is C14H20ClNO. The van der Waals surface area contributed by atoms with Crippen LogP contribution in [0.3, 0.4) is 0 Å². The Morgan fingerprint density at radius 2 is 2.47 bits per heavy atom. The highest BCUT2D eigenvalue weighted by Crippen LogP contribution is 2.19. The van der Waals surface area contributed by atoms with Crippen molar-refractivity contribution in [3.05, 3.63) is 35.4 Å². The molecule has 0 saturated carbocycles. The Balaban J connectivity index is 2.52. The summed E-state index contributed by atoms with van der Waals surface area (Å²) in [4.78, 5) is 4.44. The van der Waals surface area contributed by atoms with Crippen molar-refractivity contribution in [1.82, 2.24) is 0 Å². The number of halogens is 1. The van der Waals surface area contributed by atoms with Crippen LogP contribution in [0.25, 0.3) is 0 Å². The second-order valence-electron chi connectivity index (χ2n) is 4.15. The Hall–Kier alpha value is -0.860. The van der Waals surface area contributed by atoms with Gasteiger partial charge < -0.3 is 4.74 Å². The number of hydrogen-bond donors (Lipinski definition) is 0. The maximum absolute atomic E-state index is 6.03. The number of allylic oxidation sites excluding steroid dienone is 3. The number of nitrogens with zero attached hydrogens (tertiary/aromatic N) is 1. The molecule has 0 fully saturated rings. The van der Waals surface area contributed by atoms with Crippen molar-refractivity contribution < 1.29 is 4.74 Å². The van der Waals surface area contributed by atoms with Gasteiger partial charge in [0.15, 0.2) is 0 Å². The van der Waals surface area contributed by atoms with E-state index in [-0.39, 0.29) is 6.04 Å². The predicted molar refractivity (Wildman–Crippen MR) is 74.8 cm³/mol. The topological polar surface area (TPSA) is 21.6 Å². The van der Waals surface area contributed by atoms with Crippen molar-refractivity contribution in [2.75, 3.05) is 7.11 Å². The first-order valence-electron chi connectivity index (χ1n) is 5.90. The molecule has 0 aliphatic heterocycles. The summed E-state index contributed by atoms with van der Waals surface area (Å²) in [7, 11) is 1.76. The van der Waals surface area contributed by atoms with Crippen molar-refractivity contribution >= 4 is 17.8 Å². The van der Waals surface area contributed by atoms with Gasteiger partial charge in [0.2, 0.25) is 0 Å². The Labute approximate surface area is 109 Å². The summed E-state index contributed by atoms with van der Waals surface area (Å²) in [5, 5.41) is 0.711. The smallest absolute Gasteiger partial charge is 0.0826 e. The van der Waals surface area contributed by atoms with Crippen LogP contribution in [0.15, 0.2) is 40.4 Å². The Morgan fingerprint density at radius 3 is 3.00 bits per heavy atom. The van der Waals surface area contributed by atoms with E-state index in [1.54, 1.807) is 19.3 Å². The van der Waals surface area contributed by atoms with Crippen LogP contribution < -0.4 is 0 Å². The van der Waals surface area contributed by atoms with E-state index in [9.17, 15) is 0 Å². The lowest BCUT2D eigenvalue weighted by Crippen LogP contribution is -2.14. The van der Waals surface area contributed by atoms with Gasteiger partial charge >= 0.3 is 0 Å². The van der Waals surface area contributed by atoms with Gasteiger partial charge in [-0.1, -0.05) is 30.3 Å². The van der Waals surface area contributed by atoms with Crippen LogP contribution in [0.2, 0.25) is 0 Å². The van der Waals surface area contributed by atoms with E-state index in [0.717, 1.165) is 19.3 Å². The Morgan fingerprint density at radius 1 is 1.71 bits per heavy atom. The monoisotopic (exact) mass is 253 g/mol. The van der Waals surface area contributed by atoms with Crippen LogP contribution >= 0.6 is 11.6 Å². The number of rotatable bonds is 5. The van der Waals surface area contributed by atoms with Crippen LogP contribution in [0.4, 0.5) is 0 Å². The molecule has 0 aromatic heterocycles. The zero-order valence-electron chi connectivity index (χ0n) is 10.5. The highest BCUT2D eigenvalue weighted by atomic mass is 35.5. The van der Waals surface area contributed by atoms with Gasteiger partial charge in [0, 0.05) is 18.4 Å². The highest BCUT2D eigenvalue weighted by Gasteiger charge is 2.12. The van der Waals surface area contributed by atoms with Crippen molar-refractivity contribution in [3.8, 4) is 0 Å². The average molecular weight is 254 g/mol. The summed E-state index contributed by atoms with van der Waals surface area (Å²) < 4.78 is 5.30. The van der Waals surface area contributed by atoms with E-state index in [1.807, 2.05) is 13.1 Å². The third kappa shape index (κ3) is 4.88. The van der Waals surface area contributed by atoms with Gasteiger partial charge in [-0.3, -0.25) is 4.99 Å². The molecule has 0 N–H and O–H groups in total. The molecule has 1 aliphatic carbocycles. The minimum Gasteiger partial charge on any atom is -0.381 e. The lowest BCUT2D eigenvalue weighted by Gasteiger charge is -2.18. The van der Waals surface area contributed by atoms with Crippen molar-refractivity contribution in [2.24, 2.45) is 4.99 Å². The van der Waals surface area contributed by atoms with Crippen LogP contribution in [0.5, 0.6) is 0 Å². The summed E-state index contributed by atoms with van der Waals surface area (Å²) >= 11 is 6.03. The molecule has 0 amide bonds. The zero-order chi connectivity index (χ0) is 12.7. The Bertz CT molecular complexity index is 344. The van der Waals surface area contributed by atoms with Crippen LogP contribution in [-0.2, 0) is 4.74 Å². The van der Waals surface area contributed by atoms with Crippen LogP contribution in [0, 0.1) is 0 Å². The third-order valence-corrected chi connectivity index (χ3v) is 3.31. The van der Waals surface area contributed by atoms with Crippen molar-refractivity contribution in [3.63, 3.8) is 0 Å². The molecule has 0 spiro atoms. The van der Waals surface area contributed by atoms with E-state index >= 15 is 0 Å².